The molecular weight excluding hydrogens is 318 g/mol. The van der Waals surface area contributed by atoms with Gasteiger partial charge in [0.2, 0.25) is 0 Å². The molecule has 1 atom stereocenters. The summed E-state index contributed by atoms with van der Waals surface area (Å²) in [5.41, 5.74) is 1.71. The molecule has 140 valence electrons. The largest absolute Gasteiger partial charge is 0.390 e. The van der Waals surface area contributed by atoms with E-state index in [2.05, 4.69) is 22.2 Å². The molecule has 0 bridgehead atoms. The molecule has 0 aromatic heterocycles. The molecule has 2 rings (SSSR count). The number of rotatable bonds is 6. The molecule has 1 heterocycles. The Kier molecular flexibility index (Phi) is 7.04. The van der Waals surface area contributed by atoms with Crippen molar-refractivity contribution in [3.8, 4) is 0 Å². The minimum absolute atomic E-state index is 0.216. The molecule has 2 N–H and O–H groups in total. The Bertz CT molecular complexity index is 558. The van der Waals surface area contributed by atoms with E-state index < -0.39 is 6.10 Å². The van der Waals surface area contributed by atoms with E-state index in [1.54, 1.807) is 7.05 Å². The number of piperazine rings is 1. The summed E-state index contributed by atoms with van der Waals surface area (Å²) in [5.74, 6) is 0. The van der Waals surface area contributed by atoms with Crippen molar-refractivity contribution in [3.05, 3.63) is 24.3 Å². The third-order valence-corrected chi connectivity index (χ3v) is 4.52. The standard InChI is InChI=1S/C18H31N5O2/c1-20(2)17-8-6-5-7-16(17)19-18(25)22(4)13-15(24)14-23-11-9-21(3)10-12-23/h5-8,15,24H,9-14H2,1-4H3,(H,19,25)/t15-/m1/s1. The first kappa shape index (κ1) is 19.5. The molecule has 0 radical (unpaired) electrons. The summed E-state index contributed by atoms with van der Waals surface area (Å²) in [4.78, 5) is 20.4. The number of carbonyl (C=O) groups excluding carboxylic acids is 1. The van der Waals surface area contributed by atoms with Crippen molar-refractivity contribution in [1.82, 2.24) is 14.7 Å². The molecule has 0 saturated carbocycles. The average Bonchev–Trinajstić information content (AvgIpc) is 2.57. The van der Waals surface area contributed by atoms with E-state index in [1.807, 2.05) is 43.3 Å². The Hall–Kier alpha value is -1.83. The molecule has 0 aliphatic carbocycles. The van der Waals surface area contributed by atoms with Crippen molar-refractivity contribution in [3.63, 3.8) is 0 Å². The number of aliphatic hydroxyl groups excluding tert-OH is 1. The second-order valence-electron chi connectivity index (χ2n) is 6.98. The first-order valence-electron chi connectivity index (χ1n) is 8.74. The van der Waals surface area contributed by atoms with E-state index in [0.29, 0.717) is 13.1 Å². The number of anilines is 2. The van der Waals surface area contributed by atoms with Gasteiger partial charge in [0.05, 0.1) is 17.5 Å². The second kappa shape index (κ2) is 9.03. The van der Waals surface area contributed by atoms with Crippen LogP contribution in [0, 0.1) is 0 Å². The van der Waals surface area contributed by atoms with Crippen LogP contribution in [0.15, 0.2) is 24.3 Å². The number of nitrogens with one attached hydrogen (secondary N) is 1. The van der Waals surface area contributed by atoms with Gasteiger partial charge in [0, 0.05) is 60.4 Å². The average molecular weight is 349 g/mol. The lowest BCUT2D eigenvalue weighted by Gasteiger charge is -2.34. The molecule has 0 unspecified atom stereocenters. The summed E-state index contributed by atoms with van der Waals surface area (Å²) in [6.45, 7) is 4.86. The Labute approximate surface area is 150 Å². The first-order chi connectivity index (χ1) is 11.9. The van der Waals surface area contributed by atoms with Crippen molar-refractivity contribution in [1.29, 1.82) is 0 Å². The highest BCUT2D eigenvalue weighted by molar-refractivity contribution is 5.93. The fraction of sp³-hybridized carbons (Fsp3) is 0.611. The van der Waals surface area contributed by atoms with E-state index >= 15 is 0 Å². The molecule has 1 aromatic rings. The van der Waals surface area contributed by atoms with Crippen molar-refractivity contribution >= 4 is 17.4 Å². The van der Waals surface area contributed by atoms with Gasteiger partial charge in [-0.05, 0) is 19.2 Å². The van der Waals surface area contributed by atoms with Crippen molar-refractivity contribution in [2.75, 3.05) is 77.7 Å². The maximum Gasteiger partial charge on any atom is 0.321 e. The maximum atomic E-state index is 12.4. The molecule has 7 nitrogen and oxygen atoms in total. The lowest BCUT2D eigenvalue weighted by Crippen LogP contribution is -2.49. The fourth-order valence-corrected chi connectivity index (χ4v) is 2.97. The highest BCUT2D eigenvalue weighted by Gasteiger charge is 2.20. The zero-order valence-corrected chi connectivity index (χ0v) is 15.8. The molecule has 1 aromatic carbocycles. The van der Waals surface area contributed by atoms with Gasteiger partial charge in [0.15, 0.2) is 0 Å². The minimum atomic E-state index is -0.553. The van der Waals surface area contributed by atoms with Crippen molar-refractivity contribution < 1.29 is 9.90 Å². The van der Waals surface area contributed by atoms with Gasteiger partial charge in [-0.15, -0.1) is 0 Å². The third kappa shape index (κ3) is 5.88. The monoisotopic (exact) mass is 349 g/mol. The summed E-state index contributed by atoms with van der Waals surface area (Å²) in [7, 11) is 7.70. The van der Waals surface area contributed by atoms with Crippen molar-refractivity contribution in [2.45, 2.75) is 6.10 Å². The van der Waals surface area contributed by atoms with Crippen LogP contribution in [-0.4, -0.2) is 99.4 Å². The molecule has 25 heavy (non-hydrogen) atoms. The van der Waals surface area contributed by atoms with Crippen LogP contribution in [0.1, 0.15) is 0 Å². The van der Waals surface area contributed by atoms with Gasteiger partial charge < -0.3 is 25.1 Å². The zero-order valence-electron chi connectivity index (χ0n) is 15.8. The normalized spacial score (nSPS) is 17.2. The number of amides is 2. The third-order valence-electron chi connectivity index (χ3n) is 4.52. The number of urea groups is 1. The Morgan fingerprint density at radius 3 is 2.48 bits per heavy atom. The predicted octanol–water partition coefficient (Wildman–Crippen LogP) is 0.825. The minimum Gasteiger partial charge on any atom is -0.390 e. The van der Waals surface area contributed by atoms with Gasteiger partial charge in [-0.25, -0.2) is 4.79 Å². The molecular formula is C18H31N5O2. The SMILES string of the molecule is CN1CCN(C[C@H](O)CN(C)C(=O)Nc2ccccc2N(C)C)CC1. The molecule has 1 aliphatic rings. The molecule has 1 aliphatic heterocycles. The number of benzene rings is 1. The summed E-state index contributed by atoms with van der Waals surface area (Å²) in [6, 6.07) is 7.45. The zero-order chi connectivity index (χ0) is 18.4. The van der Waals surface area contributed by atoms with Crippen LogP contribution in [-0.2, 0) is 0 Å². The highest BCUT2D eigenvalue weighted by atomic mass is 16.3. The Balaban J connectivity index is 1.83. The van der Waals surface area contributed by atoms with E-state index in [9.17, 15) is 9.90 Å². The van der Waals surface area contributed by atoms with Crippen LogP contribution in [0.5, 0.6) is 0 Å². The second-order valence-corrected chi connectivity index (χ2v) is 6.98. The predicted molar refractivity (Wildman–Crippen MR) is 102 cm³/mol. The number of aliphatic hydroxyl groups is 1. The Morgan fingerprint density at radius 2 is 1.84 bits per heavy atom. The molecule has 1 fully saturated rings. The molecule has 0 spiro atoms. The smallest absolute Gasteiger partial charge is 0.321 e. The van der Waals surface area contributed by atoms with Crippen LogP contribution in [0.4, 0.5) is 16.2 Å². The van der Waals surface area contributed by atoms with Gasteiger partial charge in [-0.1, -0.05) is 12.1 Å². The van der Waals surface area contributed by atoms with Gasteiger partial charge >= 0.3 is 6.03 Å². The van der Waals surface area contributed by atoms with Crippen molar-refractivity contribution in [2.24, 2.45) is 0 Å². The van der Waals surface area contributed by atoms with Gasteiger partial charge in [0.1, 0.15) is 0 Å². The van der Waals surface area contributed by atoms with Crippen LogP contribution >= 0.6 is 0 Å². The summed E-state index contributed by atoms with van der Waals surface area (Å²) in [5, 5.41) is 13.2. The lowest BCUT2D eigenvalue weighted by molar-refractivity contribution is 0.0670. The van der Waals surface area contributed by atoms with E-state index in [0.717, 1.165) is 37.6 Å². The maximum absolute atomic E-state index is 12.4. The van der Waals surface area contributed by atoms with Gasteiger partial charge in [-0.2, -0.15) is 0 Å². The van der Waals surface area contributed by atoms with E-state index in [1.165, 1.54) is 4.90 Å². The van der Waals surface area contributed by atoms with E-state index in [4.69, 9.17) is 0 Å². The summed E-state index contributed by atoms with van der Waals surface area (Å²) >= 11 is 0. The van der Waals surface area contributed by atoms with Gasteiger partial charge in [-0.3, -0.25) is 4.90 Å². The molecule has 7 heteroatoms. The number of β-amino-alcohol motifs (C(OH)–C–C–N with tert-alkyl or cyclic N) is 1. The number of para-hydroxylation sites is 2. The lowest BCUT2D eigenvalue weighted by atomic mass is 10.2. The van der Waals surface area contributed by atoms with Gasteiger partial charge in [0.25, 0.3) is 0 Å². The number of hydrogen-bond donors (Lipinski definition) is 2. The fourth-order valence-electron chi connectivity index (χ4n) is 2.97. The van der Waals surface area contributed by atoms with Crippen LogP contribution in [0.25, 0.3) is 0 Å². The number of nitrogens with zero attached hydrogens (tertiary/aromatic N) is 4. The quantitative estimate of drug-likeness (QED) is 0.796. The summed E-state index contributed by atoms with van der Waals surface area (Å²) < 4.78 is 0. The van der Waals surface area contributed by atoms with Crippen LogP contribution in [0.3, 0.4) is 0 Å². The number of carbonyl (C=O) groups is 1. The number of hydrogen-bond acceptors (Lipinski definition) is 5. The topological polar surface area (TPSA) is 62.3 Å². The highest BCUT2D eigenvalue weighted by Crippen LogP contribution is 2.23. The Morgan fingerprint density at radius 1 is 1.20 bits per heavy atom. The number of likely N-dealkylation sites (N-methyl/N-ethyl adjacent to an activating group) is 2. The summed E-state index contributed by atoms with van der Waals surface area (Å²) in [6.07, 6.45) is -0.553. The molecule has 2 amide bonds. The van der Waals surface area contributed by atoms with Crippen LogP contribution < -0.4 is 10.2 Å². The van der Waals surface area contributed by atoms with Crippen LogP contribution in [0.2, 0.25) is 0 Å². The van der Waals surface area contributed by atoms with E-state index in [-0.39, 0.29) is 6.03 Å². The molecule has 1 saturated heterocycles. The first-order valence-corrected chi connectivity index (χ1v) is 8.74.